The summed E-state index contributed by atoms with van der Waals surface area (Å²) in [6, 6.07) is 15.4. The molecule has 2 aromatic heterocycles. The molecule has 2 aromatic carbocycles. The molecule has 0 bridgehead atoms. The fraction of sp³-hybridized carbons (Fsp3) is 0.259. The second-order valence-electron chi connectivity index (χ2n) is 8.28. The normalized spacial score (nSPS) is 14.9. The molecule has 5 rings (SSSR count). The summed E-state index contributed by atoms with van der Waals surface area (Å²) < 4.78 is 16.2. The van der Waals surface area contributed by atoms with Crippen LogP contribution < -0.4 is 14.4 Å². The molecule has 35 heavy (non-hydrogen) atoms. The molecule has 4 aromatic rings. The standard InChI is InChI=1S/C27H26N4O4/c1-33-23-13-17-10-12-31(22(15-25(32)35-3)20(17)14-24(23)34-2)27-19-8-4-5-9-21(19)29-26(30-27)18-7-6-11-28-16-18/h4-9,11,13-14,16,22H,10,12,15H2,1-3H3. The number of hydrogen-bond donors (Lipinski definition) is 0. The number of carbonyl (C=O) groups is 1. The fourth-order valence-electron chi connectivity index (χ4n) is 4.65. The summed E-state index contributed by atoms with van der Waals surface area (Å²) >= 11 is 0. The summed E-state index contributed by atoms with van der Waals surface area (Å²) in [6.07, 6.45) is 4.40. The van der Waals surface area contributed by atoms with Crippen LogP contribution in [0.25, 0.3) is 22.3 Å². The molecule has 0 aliphatic carbocycles. The molecule has 1 unspecified atom stereocenters. The highest BCUT2D eigenvalue weighted by atomic mass is 16.5. The number of anilines is 1. The zero-order valence-electron chi connectivity index (χ0n) is 19.9. The Kier molecular flexibility index (Phi) is 6.18. The van der Waals surface area contributed by atoms with E-state index in [1.54, 1.807) is 26.6 Å². The number of esters is 1. The number of hydrogen-bond acceptors (Lipinski definition) is 8. The summed E-state index contributed by atoms with van der Waals surface area (Å²) in [5, 5.41) is 0.916. The quantitative estimate of drug-likeness (QED) is 0.384. The second kappa shape index (κ2) is 9.58. The predicted molar refractivity (Wildman–Crippen MR) is 133 cm³/mol. The van der Waals surface area contributed by atoms with Crippen LogP contribution in [0, 0.1) is 0 Å². The van der Waals surface area contributed by atoms with Crippen LogP contribution in [0.4, 0.5) is 5.82 Å². The number of para-hydroxylation sites is 1. The first-order valence-corrected chi connectivity index (χ1v) is 11.4. The molecule has 1 atom stereocenters. The van der Waals surface area contributed by atoms with Gasteiger partial charge in [0, 0.05) is 29.9 Å². The molecule has 0 fully saturated rings. The molecule has 0 saturated carbocycles. The molecule has 0 spiro atoms. The minimum atomic E-state index is -0.300. The van der Waals surface area contributed by atoms with E-state index in [2.05, 4.69) is 9.88 Å². The molecule has 8 nitrogen and oxygen atoms in total. The van der Waals surface area contributed by atoms with Crippen LogP contribution in [0.15, 0.2) is 60.9 Å². The van der Waals surface area contributed by atoms with Crippen LogP contribution in [0.1, 0.15) is 23.6 Å². The van der Waals surface area contributed by atoms with Gasteiger partial charge in [0.2, 0.25) is 0 Å². The Labute approximate surface area is 203 Å². The average Bonchev–Trinajstić information content (AvgIpc) is 2.92. The lowest BCUT2D eigenvalue weighted by atomic mass is 9.89. The Hall–Kier alpha value is -4.20. The van der Waals surface area contributed by atoms with Crippen molar-refractivity contribution in [1.29, 1.82) is 0 Å². The van der Waals surface area contributed by atoms with Crippen LogP contribution in [0.2, 0.25) is 0 Å². The van der Waals surface area contributed by atoms with Gasteiger partial charge in [0.15, 0.2) is 17.3 Å². The van der Waals surface area contributed by atoms with Crippen molar-refractivity contribution in [3.05, 3.63) is 72.1 Å². The van der Waals surface area contributed by atoms with Crippen LogP contribution in [0.3, 0.4) is 0 Å². The van der Waals surface area contributed by atoms with Crippen LogP contribution >= 0.6 is 0 Å². The van der Waals surface area contributed by atoms with Gasteiger partial charge in [-0.1, -0.05) is 12.1 Å². The Bertz CT molecular complexity index is 1380. The highest BCUT2D eigenvalue weighted by Crippen LogP contribution is 2.42. The summed E-state index contributed by atoms with van der Waals surface area (Å²) in [5.74, 6) is 2.34. The molecule has 0 N–H and O–H groups in total. The number of carbonyl (C=O) groups excluding carboxylic acids is 1. The molecule has 0 saturated heterocycles. The van der Waals surface area contributed by atoms with Crippen molar-refractivity contribution in [1.82, 2.24) is 15.0 Å². The highest BCUT2D eigenvalue weighted by molar-refractivity contribution is 5.91. The van der Waals surface area contributed by atoms with Crippen molar-refractivity contribution >= 4 is 22.7 Å². The first-order valence-electron chi connectivity index (χ1n) is 11.4. The predicted octanol–water partition coefficient (Wildman–Crippen LogP) is 4.38. The number of fused-ring (bicyclic) bond motifs is 2. The lowest BCUT2D eigenvalue weighted by molar-refractivity contribution is -0.141. The Morgan fingerprint density at radius 2 is 1.83 bits per heavy atom. The summed E-state index contributed by atoms with van der Waals surface area (Å²) in [7, 11) is 4.64. The van der Waals surface area contributed by atoms with Crippen molar-refractivity contribution < 1.29 is 19.0 Å². The first kappa shape index (κ1) is 22.6. The zero-order valence-corrected chi connectivity index (χ0v) is 19.9. The minimum absolute atomic E-state index is 0.166. The van der Waals surface area contributed by atoms with E-state index in [0.717, 1.165) is 39.8 Å². The number of rotatable bonds is 6. The van der Waals surface area contributed by atoms with E-state index in [1.165, 1.54) is 7.11 Å². The molecule has 1 aliphatic heterocycles. The molecule has 1 aliphatic rings. The number of methoxy groups -OCH3 is 3. The largest absolute Gasteiger partial charge is 0.493 e. The average molecular weight is 471 g/mol. The van der Waals surface area contributed by atoms with E-state index in [4.69, 9.17) is 24.2 Å². The van der Waals surface area contributed by atoms with Gasteiger partial charge >= 0.3 is 5.97 Å². The number of benzene rings is 2. The second-order valence-corrected chi connectivity index (χ2v) is 8.28. The van der Waals surface area contributed by atoms with Gasteiger partial charge < -0.3 is 19.1 Å². The topological polar surface area (TPSA) is 86.7 Å². The molecule has 178 valence electrons. The Morgan fingerprint density at radius 1 is 1.03 bits per heavy atom. The van der Waals surface area contributed by atoms with Gasteiger partial charge in [0.25, 0.3) is 0 Å². The maximum atomic E-state index is 12.6. The summed E-state index contributed by atoms with van der Waals surface area (Å²) in [6.45, 7) is 0.664. The van der Waals surface area contributed by atoms with Gasteiger partial charge in [-0.3, -0.25) is 9.78 Å². The Morgan fingerprint density at radius 3 is 2.57 bits per heavy atom. The van der Waals surface area contributed by atoms with Gasteiger partial charge in [-0.25, -0.2) is 9.97 Å². The van der Waals surface area contributed by atoms with Gasteiger partial charge in [-0.2, -0.15) is 0 Å². The van der Waals surface area contributed by atoms with Gasteiger partial charge in [-0.05, 0) is 53.9 Å². The van der Waals surface area contributed by atoms with Crippen molar-refractivity contribution in [2.24, 2.45) is 0 Å². The van der Waals surface area contributed by atoms with Crippen molar-refractivity contribution in [2.75, 3.05) is 32.8 Å². The van der Waals surface area contributed by atoms with E-state index in [1.807, 2.05) is 48.5 Å². The third-order valence-electron chi connectivity index (χ3n) is 6.37. The van der Waals surface area contributed by atoms with Gasteiger partial charge in [0.1, 0.15) is 5.82 Å². The van der Waals surface area contributed by atoms with Gasteiger partial charge in [-0.15, -0.1) is 0 Å². The lowest BCUT2D eigenvalue weighted by Crippen LogP contribution is -2.37. The number of pyridine rings is 1. The summed E-state index contributed by atoms with van der Waals surface area (Å²) in [5.41, 5.74) is 3.75. The van der Waals surface area contributed by atoms with E-state index in [9.17, 15) is 4.79 Å². The third kappa shape index (κ3) is 4.23. The molecular formula is C27H26N4O4. The van der Waals surface area contributed by atoms with Crippen LogP contribution in [-0.4, -0.2) is 48.8 Å². The van der Waals surface area contributed by atoms with Crippen molar-refractivity contribution in [2.45, 2.75) is 18.9 Å². The monoisotopic (exact) mass is 470 g/mol. The summed E-state index contributed by atoms with van der Waals surface area (Å²) in [4.78, 5) is 28.7. The van der Waals surface area contributed by atoms with Gasteiger partial charge in [0.05, 0.1) is 39.3 Å². The van der Waals surface area contributed by atoms with E-state index in [0.29, 0.717) is 23.9 Å². The first-order chi connectivity index (χ1) is 17.1. The van der Waals surface area contributed by atoms with Crippen LogP contribution in [-0.2, 0) is 16.0 Å². The molecule has 0 radical (unpaired) electrons. The number of nitrogens with zero attached hydrogens (tertiary/aromatic N) is 4. The molecular weight excluding hydrogens is 444 g/mol. The lowest BCUT2D eigenvalue weighted by Gasteiger charge is -2.38. The van der Waals surface area contributed by atoms with Crippen molar-refractivity contribution in [3.8, 4) is 22.9 Å². The highest BCUT2D eigenvalue weighted by Gasteiger charge is 2.33. The molecule has 0 amide bonds. The maximum Gasteiger partial charge on any atom is 0.307 e. The molecule has 8 heteroatoms. The number of aromatic nitrogens is 3. The third-order valence-corrected chi connectivity index (χ3v) is 6.37. The van der Waals surface area contributed by atoms with Crippen LogP contribution in [0.5, 0.6) is 11.5 Å². The SMILES string of the molecule is COC(=O)CC1c2cc(OC)c(OC)cc2CCN1c1nc(-c2cccnc2)nc2ccccc12. The number of ether oxygens (including phenoxy) is 3. The molecule has 3 heterocycles. The van der Waals surface area contributed by atoms with Crippen molar-refractivity contribution in [3.63, 3.8) is 0 Å². The maximum absolute atomic E-state index is 12.6. The Balaban J connectivity index is 1.69. The minimum Gasteiger partial charge on any atom is -0.493 e. The van der Waals surface area contributed by atoms with E-state index >= 15 is 0 Å². The smallest absolute Gasteiger partial charge is 0.307 e. The fourth-order valence-corrected chi connectivity index (χ4v) is 4.65. The van der Waals surface area contributed by atoms with E-state index < -0.39 is 0 Å². The van der Waals surface area contributed by atoms with E-state index in [-0.39, 0.29) is 18.4 Å². The zero-order chi connectivity index (χ0) is 24.4.